The summed E-state index contributed by atoms with van der Waals surface area (Å²) >= 11 is 0. The van der Waals surface area contributed by atoms with Crippen LogP contribution in [0.3, 0.4) is 0 Å². The topological polar surface area (TPSA) is 68.3 Å². The fourth-order valence-corrected chi connectivity index (χ4v) is 2.88. The van der Waals surface area contributed by atoms with Crippen LogP contribution < -0.4 is 5.32 Å². The number of nitrogens with one attached hydrogen (secondary N) is 1. The quantitative estimate of drug-likeness (QED) is 0.736. The Hall–Kier alpha value is -2.89. The van der Waals surface area contributed by atoms with Crippen LogP contribution in [0.2, 0.25) is 0 Å². The first-order valence-electron chi connectivity index (χ1n) is 8.06. The average molecular weight is 342 g/mol. The number of hydrogen-bond donors (Lipinski definition) is 1. The maximum Gasteiger partial charge on any atom is 0.256 e. The van der Waals surface area contributed by atoms with Gasteiger partial charge in [0.25, 0.3) is 5.91 Å². The molecule has 2 aromatic heterocycles. The molecule has 0 saturated carbocycles. The molecule has 0 aliphatic rings. The minimum atomic E-state index is -0.284. The van der Waals surface area contributed by atoms with Crippen molar-refractivity contribution in [3.63, 3.8) is 0 Å². The third kappa shape index (κ3) is 3.79. The highest BCUT2D eigenvalue weighted by atomic mass is 19.1. The molecule has 2 heterocycles. The lowest BCUT2D eigenvalue weighted by molar-refractivity contribution is 0.0950. The standard InChI is InChI=1S/C19H19FN2O3/c1-12-18(13(2)25-22-12)19(23)21-10-9-16(17-4-3-11-24-17)14-5-7-15(20)8-6-14/h3-8,11,16H,9-10H2,1-2H3,(H,21,23)/t16-/m1/s1. The zero-order chi connectivity index (χ0) is 17.8. The molecule has 3 rings (SSSR count). The van der Waals surface area contributed by atoms with E-state index in [-0.39, 0.29) is 17.6 Å². The van der Waals surface area contributed by atoms with Gasteiger partial charge in [0.05, 0.1) is 12.0 Å². The molecule has 5 nitrogen and oxygen atoms in total. The van der Waals surface area contributed by atoms with Crippen LogP contribution in [0.4, 0.5) is 4.39 Å². The highest BCUT2D eigenvalue weighted by Crippen LogP contribution is 2.28. The van der Waals surface area contributed by atoms with E-state index in [1.54, 1.807) is 32.2 Å². The number of amides is 1. The molecule has 0 saturated heterocycles. The van der Waals surface area contributed by atoms with Gasteiger partial charge in [0.1, 0.15) is 22.9 Å². The summed E-state index contributed by atoms with van der Waals surface area (Å²) in [5.74, 6) is 0.706. The van der Waals surface area contributed by atoms with Gasteiger partial charge in [-0.15, -0.1) is 0 Å². The van der Waals surface area contributed by atoms with Gasteiger partial charge in [-0.2, -0.15) is 0 Å². The summed E-state index contributed by atoms with van der Waals surface area (Å²) in [6.45, 7) is 3.88. The van der Waals surface area contributed by atoms with Crippen molar-refractivity contribution in [2.75, 3.05) is 6.54 Å². The first kappa shape index (κ1) is 17.0. The van der Waals surface area contributed by atoms with Crippen LogP contribution in [-0.4, -0.2) is 17.6 Å². The second-order valence-corrected chi connectivity index (χ2v) is 5.86. The molecule has 0 radical (unpaired) electrons. The van der Waals surface area contributed by atoms with Crippen LogP contribution >= 0.6 is 0 Å². The molecule has 3 aromatic rings. The average Bonchev–Trinajstić information content (AvgIpc) is 3.23. The molecule has 1 atom stereocenters. The van der Waals surface area contributed by atoms with Crippen molar-refractivity contribution in [3.05, 3.63) is 76.8 Å². The van der Waals surface area contributed by atoms with Gasteiger partial charge in [-0.1, -0.05) is 17.3 Å². The summed E-state index contributed by atoms with van der Waals surface area (Å²) in [4.78, 5) is 12.3. The smallest absolute Gasteiger partial charge is 0.256 e. The Bertz CT molecular complexity index is 819. The van der Waals surface area contributed by atoms with Crippen molar-refractivity contribution in [2.45, 2.75) is 26.2 Å². The monoisotopic (exact) mass is 342 g/mol. The number of benzene rings is 1. The highest BCUT2D eigenvalue weighted by Gasteiger charge is 2.20. The van der Waals surface area contributed by atoms with Crippen molar-refractivity contribution in [1.82, 2.24) is 10.5 Å². The summed E-state index contributed by atoms with van der Waals surface area (Å²) in [7, 11) is 0. The van der Waals surface area contributed by atoms with Gasteiger partial charge in [0.15, 0.2) is 0 Å². The van der Waals surface area contributed by atoms with Gasteiger partial charge >= 0.3 is 0 Å². The second kappa shape index (κ2) is 7.34. The van der Waals surface area contributed by atoms with Crippen molar-refractivity contribution >= 4 is 5.91 Å². The van der Waals surface area contributed by atoms with Crippen LogP contribution in [0, 0.1) is 19.7 Å². The number of halogens is 1. The number of carbonyl (C=O) groups excluding carboxylic acids is 1. The maximum atomic E-state index is 13.2. The van der Waals surface area contributed by atoms with Crippen molar-refractivity contribution in [3.8, 4) is 0 Å². The normalized spacial score (nSPS) is 12.1. The van der Waals surface area contributed by atoms with E-state index in [4.69, 9.17) is 8.94 Å². The zero-order valence-corrected chi connectivity index (χ0v) is 14.1. The molecule has 0 bridgehead atoms. The molecule has 6 heteroatoms. The number of hydrogen-bond acceptors (Lipinski definition) is 4. The molecule has 1 aromatic carbocycles. The van der Waals surface area contributed by atoms with Gasteiger partial charge in [-0.05, 0) is 50.1 Å². The van der Waals surface area contributed by atoms with Gasteiger partial charge < -0.3 is 14.3 Å². The second-order valence-electron chi connectivity index (χ2n) is 5.86. The fourth-order valence-electron chi connectivity index (χ4n) is 2.88. The Morgan fingerprint density at radius 1 is 1.24 bits per heavy atom. The summed E-state index contributed by atoms with van der Waals surface area (Å²) in [5.41, 5.74) is 1.97. The number of aromatic nitrogens is 1. The summed E-state index contributed by atoms with van der Waals surface area (Å²) in [6.07, 6.45) is 2.22. The van der Waals surface area contributed by atoms with E-state index in [2.05, 4.69) is 10.5 Å². The molecule has 1 N–H and O–H groups in total. The predicted molar refractivity (Wildman–Crippen MR) is 89.9 cm³/mol. The van der Waals surface area contributed by atoms with Crippen molar-refractivity contribution < 1.29 is 18.1 Å². The number of nitrogens with zero attached hydrogens (tertiary/aromatic N) is 1. The third-order valence-electron chi connectivity index (χ3n) is 4.14. The van der Waals surface area contributed by atoms with E-state index in [0.29, 0.717) is 30.0 Å². The molecule has 0 unspecified atom stereocenters. The Morgan fingerprint density at radius 2 is 2.00 bits per heavy atom. The van der Waals surface area contributed by atoms with Crippen LogP contribution in [0.1, 0.15) is 45.5 Å². The SMILES string of the molecule is Cc1noc(C)c1C(=O)NCC[C@H](c1ccc(F)cc1)c1ccco1. The fraction of sp³-hybridized carbons (Fsp3) is 0.263. The number of aryl methyl sites for hydroxylation is 2. The molecule has 1 amide bonds. The van der Waals surface area contributed by atoms with Crippen LogP contribution in [-0.2, 0) is 0 Å². The highest BCUT2D eigenvalue weighted by molar-refractivity contribution is 5.96. The summed E-state index contributed by atoms with van der Waals surface area (Å²) in [6, 6.07) is 10.0. The van der Waals surface area contributed by atoms with E-state index < -0.39 is 0 Å². The largest absolute Gasteiger partial charge is 0.469 e. The molecule has 130 valence electrons. The van der Waals surface area contributed by atoms with E-state index in [1.807, 2.05) is 12.1 Å². The molecule has 0 aliphatic carbocycles. The van der Waals surface area contributed by atoms with Crippen LogP contribution in [0.5, 0.6) is 0 Å². The summed E-state index contributed by atoms with van der Waals surface area (Å²) in [5, 5.41) is 6.68. The van der Waals surface area contributed by atoms with Gasteiger partial charge in [-0.3, -0.25) is 4.79 Å². The lowest BCUT2D eigenvalue weighted by atomic mass is 9.93. The number of carbonyl (C=O) groups is 1. The molecule has 0 aliphatic heterocycles. The number of furan rings is 1. The van der Waals surface area contributed by atoms with E-state index in [9.17, 15) is 9.18 Å². The lowest BCUT2D eigenvalue weighted by Gasteiger charge is -2.15. The number of rotatable bonds is 6. The van der Waals surface area contributed by atoms with Crippen LogP contribution in [0.15, 0.2) is 51.6 Å². The first-order valence-corrected chi connectivity index (χ1v) is 8.06. The minimum Gasteiger partial charge on any atom is -0.469 e. The molecular weight excluding hydrogens is 323 g/mol. The molecule has 25 heavy (non-hydrogen) atoms. The summed E-state index contributed by atoms with van der Waals surface area (Å²) < 4.78 is 23.7. The molecule has 0 fully saturated rings. The van der Waals surface area contributed by atoms with Gasteiger partial charge in [0, 0.05) is 12.5 Å². The minimum absolute atomic E-state index is 0.0689. The Kier molecular flexibility index (Phi) is 4.97. The Balaban J connectivity index is 1.69. The predicted octanol–water partition coefficient (Wildman–Crippen LogP) is 3.98. The van der Waals surface area contributed by atoms with Gasteiger partial charge in [0.2, 0.25) is 0 Å². The van der Waals surface area contributed by atoms with E-state index >= 15 is 0 Å². The van der Waals surface area contributed by atoms with Gasteiger partial charge in [-0.25, -0.2) is 4.39 Å². The first-order chi connectivity index (χ1) is 12.1. The van der Waals surface area contributed by atoms with E-state index in [1.165, 1.54) is 12.1 Å². The zero-order valence-electron chi connectivity index (χ0n) is 14.1. The lowest BCUT2D eigenvalue weighted by Crippen LogP contribution is -2.26. The molecule has 0 spiro atoms. The van der Waals surface area contributed by atoms with Crippen molar-refractivity contribution in [1.29, 1.82) is 0 Å². The molecular formula is C19H19FN2O3. The van der Waals surface area contributed by atoms with Crippen molar-refractivity contribution in [2.24, 2.45) is 0 Å². The van der Waals surface area contributed by atoms with Crippen LogP contribution in [0.25, 0.3) is 0 Å². The maximum absolute atomic E-state index is 13.2. The Morgan fingerprint density at radius 3 is 2.60 bits per heavy atom. The van der Waals surface area contributed by atoms with E-state index in [0.717, 1.165) is 11.3 Å². The Labute approximate surface area is 144 Å². The third-order valence-corrected chi connectivity index (χ3v) is 4.14.